The second kappa shape index (κ2) is 7.04. The highest BCUT2D eigenvalue weighted by Crippen LogP contribution is 2.31. The number of benzene rings is 2. The molecule has 0 fully saturated rings. The molecule has 2 N–H and O–H groups in total. The van der Waals surface area contributed by atoms with Crippen molar-refractivity contribution >= 4 is 22.7 Å². The van der Waals surface area contributed by atoms with Crippen LogP contribution in [0, 0.1) is 6.92 Å². The smallest absolute Gasteiger partial charge is 0.416 e. The Labute approximate surface area is 163 Å². The number of hydrogen-bond acceptors (Lipinski definition) is 6. The van der Waals surface area contributed by atoms with Gasteiger partial charge in [-0.2, -0.15) is 28.1 Å². The highest BCUT2D eigenvalue weighted by atomic mass is 19.4. The van der Waals surface area contributed by atoms with Gasteiger partial charge in [-0.1, -0.05) is 12.1 Å². The summed E-state index contributed by atoms with van der Waals surface area (Å²) in [6.45, 7) is 1.73. The zero-order chi connectivity index (χ0) is 20.6. The van der Waals surface area contributed by atoms with Gasteiger partial charge < -0.3 is 15.0 Å². The second-order valence-corrected chi connectivity index (χ2v) is 6.21. The molecule has 0 bridgehead atoms. The van der Waals surface area contributed by atoms with Crippen LogP contribution in [0.5, 0.6) is 6.01 Å². The molecule has 4 rings (SSSR count). The Balaban J connectivity index is 1.62. The van der Waals surface area contributed by atoms with E-state index < -0.39 is 11.7 Å². The molecule has 0 aliphatic heterocycles. The molecule has 2 heterocycles. The van der Waals surface area contributed by atoms with E-state index in [0.29, 0.717) is 39.9 Å². The maximum Gasteiger partial charge on any atom is 0.416 e. The maximum absolute atomic E-state index is 12.7. The molecule has 0 saturated heterocycles. The van der Waals surface area contributed by atoms with Gasteiger partial charge in [0.1, 0.15) is 11.6 Å². The molecule has 0 aliphatic carbocycles. The normalized spacial score (nSPS) is 11.6. The summed E-state index contributed by atoms with van der Waals surface area (Å²) in [5.74, 6) is 1.31. The Morgan fingerprint density at radius 3 is 2.41 bits per heavy atom. The Morgan fingerprint density at radius 2 is 1.72 bits per heavy atom. The maximum atomic E-state index is 12.7. The van der Waals surface area contributed by atoms with Gasteiger partial charge in [-0.05, 0) is 37.3 Å². The fraction of sp³-hybridized carbons (Fsp3) is 0.158. The molecule has 7 nitrogen and oxygen atoms in total. The van der Waals surface area contributed by atoms with Crippen LogP contribution < -0.4 is 10.1 Å². The summed E-state index contributed by atoms with van der Waals surface area (Å²) in [4.78, 5) is 19.9. The predicted octanol–water partition coefficient (Wildman–Crippen LogP) is 4.49. The predicted molar refractivity (Wildman–Crippen MR) is 101 cm³/mol. The molecule has 10 heteroatoms. The molecule has 148 valence electrons. The average molecular weight is 400 g/mol. The molecular weight excluding hydrogens is 385 g/mol. The van der Waals surface area contributed by atoms with Gasteiger partial charge in [-0.25, -0.2) is 4.98 Å². The van der Waals surface area contributed by atoms with Crippen LogP contribution in [0.3, 0.4) is 0 Å². The highest BCUT2D eigenvalue weighted by molar-refractivity contribution is 5.83. The van der Waals surface area contributed by atoms with Crippen LogP contribution >= 0.6 is 0 Å². The third-order valence-corrected chi connectivity index (χ3v) is 4.13. The number of aromatic amines is 1. The summed E-state index contributed by atoms with van der Waals surface area (Å²) in [6, 6.07) is 10.4. The first-order chi connectivity index (χ1) is 13.8. The lowest BCUT2D eigenvalue weighted by atomic mass is 10.1. The minimum absolute atomic E-state index is 0.201. The first kappa shape index (κ1) is 18.7. The first-order valence-corrected chi connectivity index (χ1v) is 8.53. The molecule has 0 unspecified atom stereocenters. The fourth-order valence-electron chi connectivity index (χ4n) is 2.77. The lowest BCUT2D eigenvalue weighted by Crippen LogP contribution is -2.04. The number of ether oxygens (including phenoxy) is 1. The van der Waals surface area contributed by atoms with Crippen LogP contribution in [-0.2, 0) is 6.18 Å². The van der Waals surface area contributed by atoms with Crippen molar-refractivity contribution in [3.63, 3.8) is 0 Å². The number of hydrogen-bond donors (Lipinski definition) is 2. The van der Waals surface area contributed by atoms with Crippen LogP contribution in [0.25, 0.3) is 22.4 Å². The largest absolute Gasteiger partial charge is 0.467 e. The standard InChI is InChI=1S/C19H15F3N6O/c1-10-23-17(28-18(24-10)29-2)25-13-7-8-14-15(9-13)27-16(26-14)11-3-5-12(6-4-11)19(20,21)22/h3-9H,1-2H3,(H,26,27)(H,23,24,25,28). The van der Waals surface area contributed by atoms with E-state index in [1.165, 1.54) is 19.2 Å². The molecule has 0 radical (unpaired) electrons. The molecule has 0 aliphatic rings. The van der Waals surface area contributed by atoms with Crippen molar-refractivity contribution in [2.75, 3.05) is 12.4 Å². The van der Waals surface area contributed by atoms with Gasteiger partial charge in [0.2, 0.25) is 5.95 Å². The third-order valence-electron chi connectivity index (χ3n) is 4.13. The number of aromatic nitrogens is 5. The number of nitrogens with one attached hydrogen (secondary N) is 2. The summed E-state index contributed by atoms with van der Waals surface area (Å²) in [5.41, 5.74) is 1.94. The molecular formula is C19H15F3N6O. The minimum atomic E-state index is -4.37. The first-order valence-electron chi connectivity index (χ1n) is 8.53. The van der Waals surface area contributed by atoms with Crippen LogP contribution in [0.4, 0.5) is 24.8 Å². The van der Waals surface area contributed by atoms with Gasteiger partial charge in [0.25, 0.3) is 0 Å². The number of imidazole rings is 1. The van der Waals surface area contributed by atoms with E-state index in [1.807, 2.05) is 6.07 Å². The lowest BCUT2D eigenvalue weighted by Gasteiger charge is -2.06. The number of alkyl halides is 3. The summed E-state index contributed by atoms with van der Waals surface area (Å²) >= 11 is 0. The van der Waals surface area contributed by atoms with Gasteiger partial charge in [-0.15, -0.1) is 0 Å². The SMILES string of the molecule is COc1nc(C)nc(Nc2ccc3nc(-c4ccc(C(F)(F)F)cc4)[nH]c3c2)n1. The van der Waals surface area contributed by atoms with Gasteiger partial charge in [-0.3, -0.25) is 0 Å². The van der Waals surface area contributed by atoms with Crippen molar-refractivity contribution in [2.24, 2.45) is 0 Å². The lowest BCUT2D eigenvalue weighted by molar-refractivity contribution is -0.137. The van der Waals surface area contributed by atoms with Crippen molar-refractivity contribution in [1.29, 1.82) is 0 Å². The van der Waals surface area contributed by atoms with Gasteiger partial charge in [0, 0.05) is 11.3 Å². The fourth-order valence-corrected chi connectivity index (χ4v) is 2.77. The summed E-state index contributed by atoms with van der Waals surface area (Å²) in [6.07, 6.45) is -4.37. The Bertz CT molecular complexity index is 1170. The topological polar surface area (TPSA) is 88.6 Å². The van der Waals surface area contributed by atoms with E-state index >= 15 is 0 Å². The number of anilines is 2. The molecule has 0 atom stereocenters. The van der Waals surface area contributed by atoms with Crippen molar-refractivity contribution in [3.05, 3.63) is 53.9 Å². The number of fused-ring (bicyclic) bond motifs is 1. The second-order valence-electron chi connectivity index (χ2n) is 6.21. The molecule has 29 heavy (non-hydrogen) atoms. The average Bonchev–Trinajstić information content (AvgIpc) is 3.10. The molecule has 2 aromatic heterocycles. The van der Waals surface area contributed by atoms with E-state index in [0.717, 1.165) is 12.1 Å². The van der Waals surface area contributed by atoms with Gasteiger partial charge >= 0.3 is 12.2 Å². The molecule has 0 spiro atoms. The van der Waals surface area contributed by atoms with Crippen molar-refractivity contribution in [1.82, 2.24) is 24.9 Å². The summed E-state index contributed by atoms with van der Waals surface area (Å²) < 4.78 is 43.2. The third kappa shape index (κ3) is 3.96. The Morgan fingerprint density at radius 1 is 0.966 bits per heavy atom. The van der Waals surface area contributed by atoms with Crippen LogP contribution in [0.2, 0.25) is 0 Å². The van der Waals surface area contributed by atoms with E-state index in [9.17, 15) is 13.2 Å². The summed E-state index contributed by atoms with van der Waals surface area (Å²) in [5, 5.41) is 3.07. The van der Waals surface area contributed by atoms with E-state index in [-0.39, 0.29) is 6.01 Å². The Kier molecular flexibility index (Phi) is 4.53. The number of rotatable bonds is 4. The number of aryl methyl sites for hydroxylation is 1. The van der Waals surface area contributed by atoms with Crippen LogP contribution in [0.15, 0.2) is 42.5 Å². The molecule has 2 aromatic carbocycles. The number of H-pyrrole nitrogens is 1. The zero-order valence-electron chi connectivity index (χ0n) is 15.4. The molecule has 0 saturated carbocycles. The van der Waals surface area contributed by atoms with Gasteiger partial charge in [0.15, 0.2) is 0 Å². The van der Waals surface area contributed by atoms with E-state index in [4.69, 9.17) is 4.74 Å². The quantitative estimate of drug-likeness (QED) is 0.525. The van der Waals surface area contributed by atoms with Crippen molar-refractivity contribution < 1.29 is 17.9 Å². The van der Waals surface area contributed by atoms with Crippen LogP contribution in [-0.4, -0.2) is 32.0 Å². The van der Waals surface area contributed by atoms with Crippen LogP contribution in [0.1, 0.15) is 11.4 Å². The van der Waals surface area contributed by atoms with Crippen molar-refractivity contribution in [2.45, 2.75) is 13.1 Å². The monoisotopic (exact) mass is 400 g/mol. The Hall–Kier alpha value is -3.69. The summed E-state index contributed by atoms with van der Waals surface area (Å²) in [7, 11) is 1.47. The van der Waals surface area contributed by atoms with Gasteiger partial charge in [0.05, 0.1) is 23.7 Å². The van der Waals surface area contributed by atoms with Crippen molar-refractivity contribution in [3.8, 4) is 17.4 Å². The highest BCUT2D eigenvalue weighted by Gasteiger charge is 2.30. The number of halogens is 3. The molecule has 4 aromatic rings. The van der Waals surface area contributed by atoms with E-state index in [2.05, 4.69) is 30.2 Å². The number of nitrogens with zero attached hydrogens (tertiary/aromatic N) is 4. The number of methoxy groups -OCH3 is 1. The molecule has 0 amide bonds. The zero-order valence-corrected chi connectivity index (χ0v) is 15.4. The van der Waals surface area contributed by atoms with E-state index in [1.54, 1.807) is 19.1 Å². The minimum Gasteiger partial charge on any atom is -0.467 e.